The zero-order chi connectivity index (χ0) is 19.6. The fourth-order valence-corrected chi connectivity index (χ4v) is 3.95. The number of esters is 2. The van der Waals surface area contributed by atoms with Crippen LogP contribution in [0.4, 0.5) is 0 Å². The molecule has 3 aromatic rings. The van der Waals surface area contributed by atoms with Crippen LogP contribution in [0.15, 0.2) is 41.8 Å². The lowest BCUT2D eigenvalue weighted by atomic mass is 10.0. The van der Waals surface area contributed by atoms with Crippen LogP contribution in [0.5, 0.6) is 0 Å². The van der Waals surface area contributed by atoms with Crippen LogP contribution in [0.2, 0.25) is 0 Å². The number of hydrogen-bond donors (Lipinski definition) is 0. The average molecular weight is 383 g/mol. The van der Waals surface area contributed by atoms with Crippen LogP contribution in [0.25, 0.3) is 16.9 Å². The predicted molar refractivity (Wildman–Crippen MR) is 106 cm³/mol. The largest absolute Gasteiger partial charge is 0.465 e. The van der Waals surface area contributed by atoms with Gasteiger partial charge in [0.25, 0.3) is 0 Å². The summed E-state index contributed by atoms with van der Waals surface area (Å²) in [5.41, 5.74) is 4.51. The van der Waals surface area contributed by atoms with E-state index in [2.05, 4.69) is 0 Å². The molecule has 0 radical (unpaired) electrons. The third kappa shape index (κ3) is 3.28. The number of carbonyl (C=O) groups is 2. The van der Waals surface area contributed by atoms with Gasteiger partial charge in [-0.3, -0.25) is 0 Å². The predicted octanol–water partition coefficient (Wildman–Crippen LogP) is 4.79. The first kappa shape index (κ1) is 18.9. The maximum Gasteiger partial charge on any atom is 0.350 e. The number of methoxy groups -OCH3 is 1. The van der Waals surface area contributed by atoms with Gasteiger partial charge in [-0.2, -0.15) is 0 Å². The Morgan fingerprint density at radius 2 is 1.78 bits per heavy atom. The number of aromatic nitrogens is 1. The number of nitrogens with zero attached hydrogens (tertiary/aromatic N) is 1. The highest BCUT2D eigenvalue weighted by Crippen LogP contribution is 2.37. The smallest absolute Gasteiger partial charge is 0.350 e. The molecule has 0 amide bonds. The summed E-state index contributed by atoms with van der Waals surface area (Å²) in [5.74, 6) is -0.770. The van der Waals surface area contributed by atoms with Crippen molar-refractivity contribution in [1.82, 2.24) is 4.57 Å². The third-order valence-electron chi connectivity index (χ3n) is 4.50. The summed E-state index contributed by atoms with van der Waals surface area (Å²) in [6, 6.07) is 11.5. The maximum atomic E-state index is 12.7. The van der Waals surface area contributed by atoms with Crippen molar-refractivity contribution < 1.29 is 19.1 Å². The van der Waals surface area contributed by atoms with Gasteiger partial charge >= 0.3 is 11.9 Å². The Kier molecular flexibility index (Phi) is 5.46. The second-order valence-corrected chi connectivity index (χ2v) is 6.90. The van der Waals surface area contributed by atoms with Crippen LogP contribution < -0.4 is 0 Å². The van der Waals surface area contributed by atoms with Crippen LogP contribution in [0, 0.1) is 13.8 Å². The van der Waals surface area contributed by atoms with Crippen LogP contribution >= 0.6 is 11.3 Å². The third-order valence-corrected chi connectivity index (χ3v) is 5.38. The molecule has 0 saturated heterocycles. The van der Waals surface area contributed by atoms with Gasteiger partial charge < -0.3 is 14.0 Å². The first-order valence-corrected chi connectivity index (χ1v) is 9.49. The fourth-order valence-electron chi connectivity index (χ4n) is 3.15. The summed E-state index contributed by atoms with van der Waals surface area (Å²) in [6.45, 7) is 5.91. The van der Waals surface area contributed by atoms with Gasteiger partial charge in [0.15, 0.2) is 0 Å². The Morgan fingerprint density at radius 3 is 2.41 bits per heavy atom. The van der Waals surface area contributed by atoms with Gasteiger partial charge in [-0.05, 0) is 43.3 Å². The lowest BCUT2D eigenvalue weighted by Gasteiger charge is -2.13. The van der Waals surface area contributed by atoms with Gasteiger partial charge in [0.05, 0.1) is 30.7 Å². The molecule has 140 valence electrons. The highest BCUT2D eigenvalue weighted by atomic mass is 32.1. The molecule has 0 aliphatic heterocycles. The average Bonchev–Trinajstić information content (AvgIpc) is 3.25. The summed E-state index contributed by atoms with van der Waals surface area (Å²) in [6.07, 6.45) is 0. The van der Waals surface area contributed by atoms with Crippen molar-refractivity contribution in [1.29, 1.82) is 0 Å². The lowest BCUT2D eigenvalue weighted by molar-refractivity contribution is 0.0525. The number of ether oxygens (including phenoxy) is 2. The molecular formula is C21H21NO4S. The fraction of sp³-hybridized carbons (Fsp3) is 0.238. The number of rotatable bonds is 5. The second-order valence-electron chi connectivity index (χ2n) is 5.98. The maximum absolute atomic E-state index is 12.7. The van der Waals surface area contributed by atoms with Gasteiger partial charge in [0.1, 0.15) is 4.88 Å². The lowest BCUT2D eigenvalue weighted by Crippen LogP contribution is -2.09. The SMILES string of the molecule is CCOC(=O)c1c(C)c(C)n(-c2ccsc2C(=O)OC)c1-c1ccccc1. The van der Waals surface area contributed by atoms with Crippen molar-refractivity contribution in [3.8, 4) is 16.9 Å². The number of benzene rings is 1. The summed E-state index contributed by atoms with van der Waals surface area (Å²) in [4.78, 5) is 25.5. The molecule has 0 aliphatic rings. The topological polar surface area (TPSA) is 57.5 Å². The zero-order valence-electron chi connectivity index (χ0n) is 15.7. The van der Waals surface area contributed by atoms with Gasteiger partial charge in [0, 0.05) is 5.69 Å². The molecule has 0 unspecified atom stereocenters. The summed E-state index contributed by atoms with van der Waals surface area (Å²) >= 11 is 1.31. The number of hydrogen-bond acceptors (Lipinski definition) is 5. The molecule has 5 nitrogen and oxygen atoms in total. The Bertz CT molecular complexity index is 985. The van der Waals surface area contributed by atoms with E-state index in [1.807, 2.05) is 60.2 Å². The molecule has 0 atom stereocenters. The zero-order valence-corrected chi connectivity index (χ0v) is 16.6. The Labute approximate surface area is 162 Å². The van der Waals surface area contributed by atoms with E-state index in [1.54, 1.807) is 6.92 Å². The van der Waals surface area contributed by atoms with Crippen LogP contribution in [-0.4, -0.2) is 30.2 Å². The molecule has 27 heavy (non-hydrogen) atoms. The minimum atomic E-state index is -0.401. The molecule has 1 aromatic carbocycles. The number of carbonyl (C=O) groups excluding carboxylic acids is 2. The molecule has 2 heterocycles. The highest BCUT2D eigenvalue weighted by molar-refractivity contribution is 7.12. The monoisotopic (exact) mass is 383 g/mol. The van der Waals surface area contributed by atoms with Crippen molar-refractivity contribution in [2.45, 2.75) is 20.8 Å². The standard InChI is InChI=1S/C21H21NO4S/c1-5-26-20(23)17-13(2)14(3)22(18(17)15-9-7-6-8-10-15)16-11-12-27-19(16)21(24)25-4/h6-12H,5H2,1-4H3. The first-order chi connectivity index (χ1) is 13.0. The molecule has 0 saturated carbocycles. The molecule has 3 rings (SSSR count). The number of thiophene rings is 1. The van der Waals surface area contributed by atoms with Crippen molar-refractivity contribution in [2.75, 3.05) is 13.7 Å². The van der Waals surface area contributed by atoms with E-state index in [4.69, 9.17) is 9.47 Å². The van der Waals surface area contributed by atoms with Gasteiger partial charge in [-0.15, -0.1) is 11.3 Å². The normalized spacial score (nSPS) is 10.7. The molecule has 0 spiro atoms. The van der Waals surface area contributed by atoms with Gasteiger partial charge in [0.2, 0.25) is 0 Å². The van der Waals surface area contributed by atoms with E-state index in [9.17, 15) is 9.59 Å². The van der Waals surface area contributed by atoms with E-state index in [0.29, 0.717) is 28.4 Å². The van der Waals surface area contributed by atoms with E-state index < -0.39 is 5.97 Å². The molecule has 0 N–H and O–H groups in total. The van der Waals surface area contributed by atoms with Crippen molar-refractivity contribution in [2.24, 2.45) is 0 Å². The van der Waals surface area contributed by atoms with Gasteiger partial charge in [-0.1, -0.05) is 30.3 Å². The Morgan fingerprint density at radius 1 is 1.07 bits per heavy atom. The summed E-state index contributed by atoms with van der Waals surface area (Å²) < 4.78 is 12.2. The quantitative estimate of drug-likeness (QED) is 0.595. The molecule has 0 bridgehead atoms. The van der Waals surface area contributed by atoms with Crippen LogP contribution in [0.3, 0.4) is 0 Å². The van der Waals surface area contributed by atoms with Gasteiger partial charge in [-0.25, -0.2) is 9.59 Å². The van der Waals surface area contributed by atoms with Crippen LogP contribution in [0.1, 0.15) is 38.2 Å². The Balaban J connectivity index is 2.36. The van der Waals surface area contributed by atoms with E-state index in [1.165, 1.54) is 18.4 Å². The van der Waals surface area contributed by atoms with Crippen molar-refractivity contribution >= 4 is 23.3 Å². The van der Waals surface area contributed by atoms with E-state index in [-0.39, 0.29) is 5.97 Å². The van der Waals surface area contributed by atoms with Crippen LogP contribution in [-0.2, 0) is 9.47 Å². The molecule has 6 heteroatoms. The van der Waals surface area contributed by atoms with Crippen molar-refractivity contribution in [3.63, 3.8) is 0 Å². The Hall–Kier alpha value is -2.86. The first-order valence-electron chi connectivity index (χ1n) is 8.61. The van der Waals surface area contributed by atoms with Crippen molar-refractivity contribution in [3.05, 3.63) is 63.5 Å². The second kappa shape index (κ2) is 7.80. The molecule has 0 fully saturated rings. The van der Waals surface area contributed by atoms with E-state index in [0.717, 1.165) is 16.8 Å². The van der Waals surface area contributed by atoms with E-state index >= 15 is 0 Å². The molecule has 2 aromatic heterocycles. The molecular weight excluding hydrogens is 362 g/mol. The molecule has 0 aliphatic carbocycles. The summed E-state index contributed by atoms with van der Waals surface area (Å²) in [5, 5.41) is 1.84. The minimum absolute atomic E-state index is 0.294. The highest BCUT2D eigenvalue weighted by Gasteiger charge is 2.28. The minimum Gasteiger partial charge on any atom is -0.465 e. The summed E-state index contributed by atoms with van der Waals surface area (Å²) in [7, 11) is 1.36.